The first-order valence-electron chi connectivity index (χ1n) is 10.1. The van der Waals surface area contributed by atoms with Gasteiger partial charge in [-0.05, 0) is 73.7 Å². The monoisotopic (exact) mass is 481 g/mol. The molecule has 2 heterocycles. The largest absolute Gasteiger partial charge is 0.369 e. The summed E-state index contributed by atoms with van der Waals surface area (Å²) < 4.78 is 0.726. The van der Waals surface area contributed by atoms with Crippen LogP contribution in [0.25, 0.3) is 6.08 Å². The van der Waals surface area contributed by atoms with E-state index in [2.05, 4.69) is 54.0 Å². The second kappa shape index (κ2) is 7.64. The number of carbonyl (C=O) groups excluding carboxylic acids is 3. The maximum atomic E-state index is 13.1. The highest BCUT2D eigenvalue weighted by Gasteiger charge is 2.37. The number of rotatable bonds is 2. The van der Waals surface area contributed by atoms with Crippen molar-refractivity contribution in [1.82, 2.24) is 5.32 Å². The molecule has 2 aliphatic rings. The number of hydrogen-bond donors (Lipinski definition) is 1. The molecule has 160 valence electrons. The standard InChI is InChI=1S/C24H24BrN3O3/c1-14-13-24(2,3)27(4)20-9-8-15(10-18(14)20)11-19-21(29)26-23(31)28(22(19)30)17-7-5-6-16(25)12-17/h5-12,14H,13H2,1-4H3,(H,26,29,31)/b19-11+/t14-/m1/s1. The van der Waals surface area contributed by atoms with Crippen LogP contribution in [0, 0.1) is 0 Å². The van der Waals surface area contributed by atoms with Crippen LogP contribution in [-0.2, 0) is 9.59 Å². The highest BCUT2D eigenvalue weighted by Crippen LogP contribution is 2.42. The number of nitrogens with zero attached hydrogens (tertiary/aromatic N) is 2. The summed E-state index contributed by atoms with van der Waals surface area (Å²) in [5, 5.41) is 2.27. The molecule has 0 unspecified atom stereocenters. The Morgan fingerprint density at radius 1 is 1.13 bits per heavy atom. The summed E-state index contributed by atoms with van der Waals surface area (Å²) in [5.41, 5.74) is 3.45. The van der Waals surface area contributed by atoms with Gasteiger partial charge in [-0.2, -0.15) is 0 Å². The van der Waals surface area contributed by atoms with Gasteiger partial charge in [0.2, 0.25) is 0 Å². The molecule has 0 saturated carbocycles. The van der Waals surface area contributed by atoms with Crippen molar-refractivity contribution in [2.75, 3.05) is 16.8 Å². The van der Waals surface area contributed by atoms with E-state index in [0.717, 1.165) is 27.0 Å². The minimum atomic E-state index is -0.756. The van der Waals surface area contributed by atoms with Crippen LogP contribution in [0.5, 0.6) is 0 Å². The van der Waals surface area contributed by atoms with E-state index in [9.17, 15) is 14.4 Å². The lowest BCUT2D eigenvalue weighted by atomic mass is 9.80. The molecule has 6 nitrogen and oxygen atoms in total. The second-order valence-electron chi connectivity index (χ2n) is 8.73. The zero-order valence-electron chi connectivity index (χ0n) is 17.9. The van der Waals surface area contributed by atoms with Gasteiger partial charge in [0.1, 0.15) is 5.57 Å². The zero-order chi connectivity index (χ0) is 22.5. The molecule has 4 amide bonds. The van der Waals surface area contributed by atoms with E-state index in [-0.39, 0.29) is 11.1 Å². The molecule has 0 bridgehead atoms. The molecule has 2 aliphatic heterocycles. The Morgan fingerprint density at radius 2 is 1.87 bits per heavy atom. The number of amides is 4. The van der Waals surface area contributed by atoms with Crippen LogP contribution in [0.15, 0.2) is 52.5 Å². The van der Waals surface area contributed by atoms with E-state index >= 15 is 0 Å². The maximum absolute atomic E-state index is 13.1. The number of urea groups is 1. The van der Waals surface area contributed by atoms with E-state index in [1.807, 2.05) is 18.2 Å². The molecule has 1 N–H and O–H groups in total. The van der Waals surface area contributed by atoms with Crippen molar-refractivity contribution in [3.63, 3.8) is 0 Å². The second-order valence-corrected chi connectivity index (χ2v) is 9.65. The van der Waals surface area contributed by atoms with Gasteiger partial charge in [0.15, 0.2) is 0 Å². The van der Waals surface area contributed by atoms with Gasteiger partial charge in [0.25, 0.3) is 11.8 Å². The van der Waals surface area contributed by atoms with Crippen LogP contribution in [-0.4, -0.2) is 30.4 Å². The van der Waals surface area contributed by atoms with Crippen LogP contribution >= 0.6 is 15.9 Å². The van der Waals surface area contributed by atoms with Crippen molar-refractivity contribution >= 4 is 51.2 Å². The molecular weight excluding hydrogens is 458 g/mol. The van der Waals surface area contributed by atoms with Gasteiger partial charge in [0.05, 0.1) is 5.69 Å². The third-order valence-corrected chi connectivity index (χ3v) is 6.63. The number of nitrogens with one attached hydrogen (secondary N) is 1. The Labute approximate surface area is 190 Å². The van der Waals surface area contributed by atoms with Gasteiger partial charge in [-0.25, -0.2) is 9.69 Å². The normalized spacial score (nSPS) is 21.9. The van der Waals surface area contributed by atoms with Gasteiger partial charge in [-0.3, -0.25) is 14.9 Å². The van der Waals surface area contributed by atoms with Crippen molar-refractivity contribution < 1.29 is 14.4 Å². The van der Waals surface area contributed by atoms with E-state index in [1.54, 1.807) is 30.3 Å². The molecule has 31 heavy (non-hydrogen) atoms. The summed E-state index contributed by atoms with van der Waals surface area (Å²) in [6, 6.07) is 12.0. The fourth-order valence-electron chi connectivity index (χ4n) is 4.36. The smallest absolute Gasteiger partial charge is 0.335 e. The predicted octanol–water partition coefficient (Wildman–Crippen LogP) is 4.84. The highest BCUT2D eigenvalue weighted by molar-refractivity contribution is 9.10. The first kappa shape index (κ1) is 21.3. The van der Waals surface area contributed by atoms with Crippen molar-refractivity contribution in [3.8, 4) is 0 Å². The molecule has 0 aromatic heterocycles. The van der Waals surface area contributed by atoms with E-state index in [1.165, 1.54) is 5.56 Å². The maximum Gasteiger partial charge on any atom is 0.335 e. The summed E-state index contributed by atoms with van der Waals surface area (Å²) in [5.74, 6) is -0.990. The molecule has 0 aliphatic carbocycles. The third kappa shape index (κ3) is 3.78. The first-order chi connectivity index (χ1) is 14.6. The summed E-state index contributed by atoms with van der Waals surface area (Å²) in [4.78, 5) is 41.2. The Balaban J connectivity index is 1.73. The van der Waals surface area contributed by atoms with Crippen LogP contribution in [0.4, 0.5) is 16.2 Å². The minimum absolute atomic E-state index is 0.0520. The quantitative estimate of drug-likeness (QED) is 0.492. The number of benzene rings is 2. The van der Waals surface area contributed by atoms with Gasteiger partial charge in [0, 0.05) is 22.7 Å². The lowest BCUT2D eigenvalue weighted by Gasteiger charge is -2.45. The Kier molecular flexibility index (Phi) is 5.25. The summed E-state index contributed by atoms with van der Waals surface area (Å²) in [7, 11) is 2.09. The van der Waals surface area contributed by atoms with Crippen molar-refractivity contribution in [3.05, 3.63) is 63.6 Å². The molecule has 1 atom stereocenters. The average molecular weight is 482 g/mol. The van der Waals surface area contributed by atoms with Crippen molar-refractivity contribution in [2.45, 2.75) is 38.6 Å². The summed E-state index contributed by atoms with van der Waals surface area (Å²) in [6.07, 6.45) is 2.56. The van der Waals surface area contributed by atoms with E-state index in [0.29, 0.717) is 11.6 Å². The van der Waals surface area contributed by atoms with Gasteiger partial charge in [-0.15, -0.1) is 0 Å². The van der Waals surface area contributed by atoms with E-state index in [4.69, 9.17) is 0 Å². The molecule has 2 aromatic rings. The summed E-state index contributed by atoms with van der Waals surface area (Å²) >= 11 is 3.35. The Hall–Kier alpha value is -2.93. The number of carbonyl (C=O) groups is 3. The van der Waals surface area contributed by atoms with Crippen molar-refractivity contribution in [1.29, 1.82) is 0 Å². The zero-order valence-corrected chi connectivity index (χ0v) is 19.5. The molecule has 7 heteroatoms. The van der Waals surface area contributed by atoms with Crippen molar-refractivity contribution in [2.24, 2.45) is 0 Å². The van der Waals surface area contributed by atoms with Gasteiger partial charge in [-0.1, -0.05) is 35.0 Å². The lowest BCUT2D eigenvalue weighted by molar-refractivity contribution is -0.122. The summed E-state index contributed by atoms with van der Waals surface area (Å²) in [6.45, 7) is 6.64. The lowest BCUT2D eigenvalue weighted by Crippen LogP contribution is -2.54. The number of anilines is 2. The molecule has 1 saturated heterocycles. The fraction of sp³-hybridized carbons (Fsp3) is 0.292. The Morgan fingerprint density at radius 3 is 2.58 bits per heavy atom. The molecule has 2 aromatic carbocycles. The highest BCUT2D eigenvalue weighted by atomic mass is 79.9. The first-order valence-corrected chi connectivity index (χ1v) is 10.9. The molecule has 0 radical (unpaired) electrons. The van der Waals surface area contributed by atoms with Crippen LogP contribution in [0.3, 0.4) is 0 Å². The van der Waals surface area contributed by atoms with Gasteiger partial charge >= 0.3 is 6.03 Å². The van der Waals surface area contributed by atoms with E-state index < -0.39 is 17.8 Å². The van der Waals surface area contributed by atoms with Crippen LogP contribution in [0.1, 0.15) is 44.2 Å². The minimum Gasteiger partial charge on any atom is -0.369 e. The topological polar surface area (TPSA) is 69.7 Å². The third-order valence-electron chi connectivity index (χ3n) is 6.14. The van der Waals surface area contributed by atoms with Crippen LogP contribution in [0.2, 0.25) is 0 Å². The Bertz CT molecular complexity index is 1140. The number of halogens is 1. The fourth-order valence-corrected chi connectivity index (χ4v) is 4.75. The molecule has 4 rings (SSSR count). The average Bonchev–Trinajstić information content (AvgIpc) is 2.69. The van der Waals surface area contributed by atoms with Crippen LogP contribution < -0.4 is 15.1 Å². The number of fused-ring (bicyclic) bond motifs is 1. The SMILES string of the molecule is C[C@@H]1CC(C)(C)N(C)c2ccc(/C=C3\C(=O)NC(=O)N(c4cccc(Br)c4)C3=O)cc21. The molecule has 1 fully saturated rings. The molecule has 0 spiro atoms. The number of barbiturate groups is 1. The number of hydrogen-bond acceptors (Lipinski definition) is 4. The molecular formula is C24H24BrN3O3. The van der Waals surface area contributed by atoms with Gasteiger partial charge < -0.3 is 4.90 Å². The number of imide groups is 2. The predicted molar refractivity (Wildman–Crippen MR) is 125 cm³/mol.